The van der Waals surface area contributed by atoms with E-state index < -0.39 is 6.10 Å². The summed E-state index contributed by atoms with van der Waals surface area (Å²) in [6.45, 7) is 0.247. The normalized spacial score (nSPS) is 12.3. The average molecular weight is 253 g/mol. The van der Waals surface area contributed by atoms with Gasteiger partial charge in [-0.15, -0.1) is 22.7 Å². The van der Waals surface area contributed by atoms with Crippen LogP contribution in [-0.4, -0.2) is 17.6 Å². The number of aliphatic hydroxyl groups is 1. The van der Waals surface area contributed by atoms with Crippen LogP contribution in [-0.2, 0) is 0 Å². The predicted octanol–water partition coefficient (Wildman–Crippen LogP) is 2.27. The van der Waals surface area contributed by atoms with E-state index in [1.807, 2.05) is 29.0 Å². The molecule has 84 valence electrons. The van der Waals surface area contributed by atoms with Crippen molar-refractivity contribution in [1.82, 2.24) is 5.32 Å². The van der Waals surface area contributed by atoms with Gasteiger partial charge in [0.25, 0.3) is 5.91 Å². The fraction of sp³-hybridized carbons (Fsp3) is 0.182. The quantitative estimate of drug-likeness (QED) is 0.878. The Hall–Kier alpha value is -1.17. The van der Waals surface area contributed by atoms with E-state index in [2.05, 4.69) is 5.32 Å². The first kappa shape index (κ1) is 11.3. The number of thiophene rings is 2. The summed E-state index contributed by atoms with van der Waals surface area (Å²) >= 11 is 2.87. The van der Waals surface area contributed by atoms with Crippen LogP contribution in [0.3, 0.4) is 0 Å². The number of amides is 1. The summed E-state index contributed by atoms with van der Waals surface area (Å²) in [7, 11) is 0. The Labute approximate surface area is 101 Å². The third-order valence-electron chi connectivity index (χ3n) is 2.07. The molecule has 2 rings (SSSR count). The van der Waals surface area contributed by atoms with E-state index in [4.69, 9.17) is 0 Å². The van der Waals surface area contributed by atoms with Gasteiger partial charge in [-0.25, -0.2) is 0 Å². The number of rotatable bonds is 4. The van der Waals surface area contributed by atoms with Crippen LogP contribution in [0.4, 0.5) is 0 Å². The molecule has 0 aliphatic carbocycles. The molecule has 0 saturated heterocycles. The van der Waals surface area contributed by atoms with Crippen LogP contribution < -0.4 is 5.32 Å². The molecule has 0 aromatic carbocycles. The second-order valence-corrected chi connectivity index (χ2v) is 5.15. The lowest BCUT2D eigenvalue weighted by Gasteiger charge is -2.09. The average Bonchev–Trinajstić information content (AvgIpc) is 2.95. The molecule has 0 bridgehead atoms. The van der Waals surface area contributed by atoms with Gasteiger partial charge in [-0.05, 0) is 22.9 Å². The summed E-state index contributed by atoms with van der Waals surface area (Å²) in [5.74, 6) is -0.134. The summed E-state index contributed by atoms with van der Waals surface area (Å²) in [4.78, 5) is 13.1. The van der Waals surface area contributed by atoms with Gasteiger partial charge < -0.3 is 10.4 Å². The molecule has 5 heteroatoms. The predicted molar refractivity (Wildman–Crippen MR) is 65.9 cm³/mol. The molecule has 2 aromatic heterocycles. The zero-order valence-electron chi connectivity index (χ0n) is 8.42. The van der Waals surface area contributed by atoms with E-state index in [0.29, 0.717) is 4.88 Å². The molecule has 0 spiro atoms. The molecule has 0 unspecified atom stereocenters. The second-order valence-electron chi connectivity index (χ2n) is 3.22. The topological polar surface area (TPSA) is 49.3 Å². The molecule has 2 heterocycles. The zero-order valence-corrected chi connectivity index (χ0v) is 10.1. The van der Waals surface area contributed by atoms with Crippen LogP contribution in [0.15, 0.2) is 35.0 Å². The summed E-state index contributed by atoms with van der Waals surface area (Å²) in [6.07, 6.45) is -0.621. The minimum atomic E-state index is -0.621. The van der Waals surface area contributed by atoms with E-state index in [-0.39, 0.29) is 12.5 Å². The molecular weight excluding hydrogens is 242 g/mol. The van der Waals surface area contributed by atoms with Crippen molar-refractivity contribution in [3.8, 4) is 0 Å². The third kappa shape index (κ3) is 2.69. The molecule has 0 fully saturated rings. The summed E-state index contributed by atoms with van der Waals surface area (Å²) in [5.41, 5.74) is 0. The Morgan fingerprint density at radius 2 is 2.06 bits per heavy atom. The van der Waals surface area contributed by atoms with Crippen molar-refractivity contribution < 1.29 is 9.90 Å². The zero-order chi connectivity index (χ0) is 11.4. The molecule has 3 nitrogen and oxygen atoms in total. The first-order chi connectivity index (χ1) is 7.77. The van der Waals surface area contributed by atoms with E-state index in [1.165, 1.54) is 22.7 Å². The van der Waals surface area contributed by atoms with Gasteiger partial charge in [0.15, 0.2) is 0 Å². The van der Waals surface area contributed by atoms with E-state index >= 15 is 0 Å². The lowest BCUT2D eigenvalue weighted by Crippen LogP contribution is -2.27. The Balaban J connectivity index is 1.86. The molecule has 0 aliphatic heterocycles. The molecule has 1 amide bonds. The highest BCUT2D eigenvalue weighted by Crippen LogP contribution is 2.18. The monoisotopic (exact) mass is 253 g/mol. The highest BCUT2D eigenvalue weighted by molar-refractivity contribution is 7.12. The van der Waals surface area contributed by atoms with E-state index in [9.17, 15) is 9.90 Å². The molecular formula is C11H11NO2S2. The lowest BCUT2D eigenvalue weighted by atomic mass is 10.3. The van der Waals surface area contributed by atoms with E-state index in [0.717, 1.165) is 4.88 Å². The maximum Gasteiger partial charge on any atom is 0.261 e. The molecule has 16 heavy (non-hydrogen) atoms. The van der Waals surface area contributed by atoms with Gasteiger partial charge >= 0.3 is 0 Å². The number of carbonyl (C=O) groups is 1. The van der Waals surface area contributed by atoms with E-state index in [1.54, 1.807) is 6.07 Å². The molecule has 1 atom stereocenters. The Morgan fingerprint density at radius 3 is 2.69 bits per heavy atom. The van der Waals surface area contributed by atoms with Crippen molar-refractivity contribution in [3.05, 3.63) is 44.8 Å². The molecule has 0 aliphatic rings. The van der Waals surface area contributed by atoms with Crippen molar-refractivity contribution in [2.45, 2.75) is 6.10 Å². The van der Waals surface area contributed by atoms with Gasteiger partial charge in [-0.1, -0.05) is 12.1 Å². The number of hydrogen-bond donors (Lipinski definition) is 2. The van der Waals surface area contributed by atoms with Gasteiger partial charge in [0.2, 0.25) is 0 Å². The van der Waals surface area contributed by atoms with Crippen LogP contribution in [0.5, 0.6) is 0 Å². The SMILES string of the molecule is O=C(NC[C@@H](O)c1cccs1)c1cccs1. The van der Waals surface area contributed by atoms with Gasteiger partial charge in [0.05, 0.1) is 4.88 Å². The Morgan fingerprint density at radius 1 is 1.31 bits per heavy atom. The van der Waals surface area contributed by atoms with Crippen molar-refractivity contribution >= 4 is 28.6 Å². The van der Waals surface area contributed by atoms with Crippen molar-refractivity contribution in [2.24, 2.45) is 0 Å². The summed E-state index contributed by atoms with van der Waals surface area (Å²) in [5, 5.41) is 16.2. The van der Waals surface area contributed by atoms with Crippen LogP contribution in [0, 0.1) is 0 Å². The Bertz CT molecular complexity index is 437. The molecule has 0 radical (unpaired) electrons. The van der Waals surface area contributed by atoms with Crippen molar-refractivity contribution in [2.75, 3.05) is 6.54 Å². The maximum atomic E-state index is 11.6. The third-order valence-corrected chi connectivity index (χ3v) is 3.91. The van der Waals surface area contributed by atoms with Crippen molar-refractivity contribution in [1.29, 1.82) is 0 Å². The van der Waals surface area contributed by atoms with Crippen LogP contribution in [0.1, 0.15) is 20.7 Å². The van der Waals surface area contributed by atoms with Crippen molar-refractivity contribution in [3.63, 3.8) is 0 Å². The highest BCUT2D eigenvalue weighted by Gasteiger charge is 2.11. The highest BCUT2D eigenvalue weighted by atomic mass is 32.1. The lowest BCUT2D eigenvalue weighted by molar-refractivity contribution is 0.0922. The maximum absolute atomic E-state index is 11.6. The largest absolute Gasteiger partial charge is 0.386 e. The molecule has 2 N–H and O–H groups in total. The first-order valence-electron chi connectivity index (χ1n) is 4.80. The first-order valence-corrected chi connectivity index (χ1v) is 6.56. The minimum absolute atomic E-state index is 0.134. The van der Waals surface area contributed by atoms with Crippen LogP contribution in [0.25, 0.3) is 0 Å². The van der Waals surface area contributed by atoms with Gasteiger partial charge in [-0.2, -0.15) is 0 Å². The number of aliphatic hydroxyl groups excluding tert-OH is 1. The van der Waals surface area contributed by atoms with Crippen LogP contribution >= 0.6 is 22.7 Å². The second kappa shape index (κ2) is 5.25. The number of hydrogen-bond acceptors (Lipinski definition) is 4. The smallest absolute Gasteiger partial charge is 0.261 e. The van der Waals surface area contributed by atoms with Gasteiger partial charge in [0.1, 0.15) is 6.10 Å². The number of nitrogens with one attached hydrogen (secondary N) is 1. The fourth-order valence-electron chi connectivity index (χ4n) is 1.27. The number of carbonyl (C=O) groups excluding carboxylic acids is 1. The van der Waals surface area contributed by atoms with Gasteiger partial charge in [-0.3, -0.25) is 4.79 Å². The van der Waals surface area contributed by atoms with Gasteiger partial charge in [0, 0.05) is 11.4 Å². The van der Waals surface area contributed by atoms with Crippen LogP contribution in [0.2, 0.25) is 0 Å². The minimum Gasteiger partial charge on any atom is -0.386 e. The Kier molecular flexibility index (Phi) is 3.71. The molecule has 0 saturated carbocycles. The molecule has 2 aromatic rings. The fourth-order valence-corrected chi connectivity index (χ4v) is 2.62. The summed E-state index contributed by atoms with van der Waals surface area (Å²) in [6, 6.07) is 7.32. The standard InChI is InChI=1S/C11H11NO2S2/c13-8(9-3-1-5-15-9)7-12-11(14)10-4-2-6-16-10/h1-6,8,13H,7H2,(H,12,14)/t8-/m1/s1. The summed E-state index contributed by atoms with van der Waals surface area (Å²) < 4.78 is 0.